The number of nitrogens with zero attached hydrogens (tertiary/aromatic N) is 4. The van der Waals surface area contributed by atoms with Gasteiger partial charge in [0.05, 0.1) is 21.3 Å². The van der Waals surface area contributed by atoms with Gasteiger partial charge in [0.25, 0.3) is 18.2 Å². The molecular formula is C21H16Cl2F2N6O5. The van der Waals surface area contributed by atoms with Gasteiger partial charge in [-0.25, -0.2) is 23.2 Å². The molecule has 36 heavy (non-hydrogen) atoms. The number of carbonyl (C=O) groups excluding carboxylic acids is 2. The monoisotopic (exact) mass is 540 g/mol. The number of anilines is 1. The number of aromatic nitrogens is 3. The normalized spacial score (nSPS) is 11.4. The van der Waals surface area contributed by atoms with E-state index in [2.05, 4.69) is 30.7 Å². The van der Waals surface area contributed by atoms with Crippen molar-refractivity contribution in [2.24, 2.45) is 5.16 Å². The molecule has 0 spiro atoms. The molecule has 1 aromatic carbocycles. The van der Waals surface area contributed by atoms with Crippen LogP contribution in [0.15, 0.2) is 41.7 Å². The molecule has 0 radical (unpaired) electrons. The summed E-state index contributed by atoms with van der Waals surface area (Å²) >= 11 is 12.4. The minimum Gasteiger partial charge on any atom is -0.476 e. The highest BCUT2D eigenvalue weighted by molar-refractivity contribution is 6.44. The number of nitrogens with one attached hydrogen (secondary N) is 2. The van der Waals surface area contributed by atoms with Crippen LogP contribution in [0.25, 0.3) is 5.82 Å². The van der Waals surface area contributed by atoms with Crippen LogP contribution in [0.2, 0.25) is 10.0 Å². The van der Waals surface area contributed by atoms with Gasteiger partial charge in [-0.2, -0.15) is 5.10 Å². The number of carboxylic acid groups (broad SMARTS) is 1. The Labute approximate surface area is 211 Å². The van der Waals surface area contributed by atoms with Crippen LogP contribution in [0.5, 0.6) is 0 Å². The molecule has 3 aromatic rings. The number of carboxylic acids is 1. The van der Waals surface area contributed by atoms with E-state index in [0.29, 0.717) is 0 Å². The Morgan fingerprint density at radius 2 is 1.89 bits per heavy atom. The Morgan fingerprint density at radius 3 is 2.47 bits per heavy atom. The molecular weight excluding hydrogens is 525 g/mol. The molecule has 15 heteroatoms. The third-order valence-electron chi connectivity index (χ3n) is 4.58. The van der Waals surface area contributed by atoms with E-state index in [4.69, 9.17) is 23.2 Å². The first-order valence-electron chi connectivity index (χ1n) is 9.79. The summed E-state index contributed by atoms with van der Waals surface area (Å²) in [5, 5.41) is 21.0. The van der Waals surface area contributed by atoms with E-state index in [1.165, 1.54) is 25.4 Å². The SMILES string of the molecule is CNC(=O)c1cc(/C(=N\OC)C(=O)O)cc(Cl)c1NC(=O)c1cc(C(F)F)nn1-c1ncccc1Cl. The molecule has 2 aromatic heterocycles. The largest absolute Gasteiger partial charge is 0.476 e. The zero-order valence-corrected chi connectivity index (χ0v) is 19.9. The van der Waals surface area contributed by atoms with Crippen LogP contribution in [-0.4, -0.2) is 57.5 Å². The first kappa shape index (κ1) is 26.5. The molecule has 0 aliphatic rings. The molecule has 2 amide bonds. The van der Waals surface area contributed by atoms with Crippen LogP contribution >= 0.6 is 23.2 Å². The maximum Gasteiger partial charge on any atom is 0.358 e. The van der Waals surface area contributed by atoms with Crippen molar-refractivity contribution in [3.63, 3.8) is 0 Å². The van der Waals surface area contributed by atoms with E-state index in [1.807, 2.05) is 0 Å². The molecule has 0 atom stereocenters. The third-order valence-corrected chi connectivity index (χ3v) is 5.18. The molecule has 11 nitrogen and oxygen atoms in total. The van der Waals surface area contributed by atoms with Gasteiger partial charge in [-0.05, 0) is 30.3 Å². The van der Waals surface area contributed by atoms with Gasteiger partial charge in [-0.3, -0.25) is 9.59 Å². The zero-order valence-electron chi connectivity index (χ0n) is 18.4. The van der Waals surface area contributed by atoms with Crippen molar-refractivity contribution in [3.8, 4) is 5.82 Å². The Bertz CT molecular complexity index is 1380. The summed E-state index contributed by atoms with van der Waals surface area (Å²) < 4.78 is 27.6. The molecule has 3 N–H and O–H groups in total. The minimum atomic E-state index is -3.01. The van der Waals surface area contributed by atoms with Crippen molar-refractivity contribution < 1.29 is 33.1 Å². The highest BCUT2D eigenvalue weighted by atomic mass is 35.5. The predicted octanol–water partition coefficient (Wildman–Crippen LogP) is 3.56. The van der Waals surface area contributed by atoms with E-state index >= 15 is 0 Å². The number of carbonyl (C=O) groups is 3. The molecule has 0 aliphatic carbocycles. The Kier molecular flexibility index (Phi) is 8.17. The zero-order chi connectivity index (χ0) is 26.6. The van der Waals surface area contributed by atoms with Crippen molar-refractivity contribution in [1.29, 1.82) is 0 Å². The summed E-state index contributed by atoms with van der Waals surface area (Å²) in [5.74, 6) is -3.29. The van der Waals surface area contributed by atoms with E-state index in [1.54, 1.807) is 0 Å². The summed E-state index contributed by atoms with van der Waals surface area (Å²) in [5.41, 5.74) is -2.25. The molecule has 0 saturated carbocycles. The van der Waals surface area contributed by atoms with Crippen molar-refractivity contribution in [1.82, 2.24) is 20.1 Å². The number of aliphatic carboxylic acids is 1. The lowest BCUT2D eigenvalue weighted by molar-refractivity contribution is -0.129. The van der Waals surface area contributed by atoms with Gasteiger partial charge >= 0.3 is 5.97 Å². The average molecular weight is 541 g/mol. The Balaban J connectivity index is 2.13. The molecule has 188 valence electrons. The van der Waals surface area contributed by atoms with Gasteiger partial charge in [0, 0.05) is 18.8 Å². The summed E-state index contributed by atoms with van der Waals surface area (Å²) in [6.45, 7) is 0. The minimum absolute atomic E-state index is 0.0301. The molecule has 2 heterocycles. The van der Waals surface area contributed by atoms with Crippen LogP contribution in [0, 0.1) is 0 Å². The highest BCUT2D eigenvalue weighted by Crippen LogP contribution is 2.30. The molecule has 3 rings (SSSR count). The number of rotatable bonds is 8. The maximum atomic E-state index is 13.4. The van der Waals surface area contributed by atoms with Crippen molar-refractivity contribution in [2.75, 3.05) is 19.5 Å². The van der Waals surface area contributed by atoms with Crippen LogP contribution in [0.1, 0.15) is 38.5 Å². The second-order valence-electron chi connectivity index (χ2n) is 6.82. The lowest BCUT2D eigenvalue weighted by Crippen LogP contribution is -2.24. The summed E-state index contributed by atoms with van der Waals surface area (Å²) in [6, 6.07) is 6.01. The lowest BCUT2D eigenvalue weighted by Gasteiger charge is -2.15. The molecule has 0 bridgehead atoms. The van der Waals surface area contributed by atoms with Crippen molar-refractivity contribution >= 4 is 52.4 Å². The highest BCUT2D eigenvalue weighted by Gasteiger charge is 2.26. The first-order chi connectivity index (χ1) is 17.1. The second-order valence-corrected chi connectivity index (χ2v) is 7.63. The number of benzene rings is 1. The number of amides is 2. The maximum absolute atomic E-state index is 13.4. The number of hydrogen-bond acceptors (Lipinski definition) is 7. The van der Waals surface area contributed by atoms with Crippen LogP contribution in [0.3, 0.4) is 0 Å². The fourth-order valence-corrected chi connectivity index (χ4v) is 3.50. The van der Waals surface area contributed by atoms with Crippen molar-refractivity contribution in [3.05, 3.63) is 69.1 Å². The van der Waals surface area contributed by atoms with E-state index < -0.39 is 35.6 Å². The van der Waals surface area contributed by atoms with Gasteiger partial charge in [0.15, 0.2) is 11.5 Å². The van der Waals surface area contributed by atoms with Gasteiger partial charge in [-0.15, -0.1) is 0 Å². The molecule has 0 aliphatic heterocycles. The Hall–Kier alpha value is -4.10. The fourth-order valence-electron chi connectivity index (χ4n) is 3.03. The first-order valence-corrected chi connectivity index (χ1v) is 10.5. The van der Waals surface area contributed by atoms with Crippen LogP contribution in [0.4, 0.5) is 14.5 Å². The molecule has 0 saturated heterocycles. The number of hydrogen-bond donors (Lipinski definition) is 3. The van der Waals surface area contributed by atoms with Gasteiger partial charge in [-0.1, -0.05) is 28.4 Å². The Morgan fingerprint density at radius 1 is 1.17 bits per heavy atom. The number of halogens is 4. The summed E-state index contributed by atoms with van der Waals surface area (Å²) in [7, 11) is 2.42. The van der Waals surface area contributed by atoms with Crippen LogP contribution < -0.4 is 10.6 Å². The fraction of sp³-hybridized carbons (Fsp3) is 0.143. The number of oxime groups is 1. The lowest BCUT2D eigenvalue weighted by atomic mass is 10.0. The van der Waals surface area contributed by atoms with Crippen LogP contribution in [-0.2, 0) is 9.63 Å². The number of alkyl halides is 2. The molecule has 0 fully saturated rings. The quantitative estimate of drug-likeness (QED) is 0.292. The average Bonchev–Trinajstić information content (AvgIpc) is 3.29. The summed E-state index contributed by atoms with van der Waals surface area (Å²) in [4.78, 5) is 45.8. The van der Waals surface area contributed by atoms with E-state index in [9.17, 15) is 28.3 Å². The predicted molar refractivity (Wildman–Crippen MR) is 125 cm³/mol. The van der Waals surface area contributed by atoms with E-state index in [0.717, 1.165) is 30.0 Å². The standard InChI is InChI=1S/C21H16Cl2F2N6O5/c1-26-19(32)10-6-9(15(21(34)35)30-36-2)7-12(23)16(10)28-20(33)14-8-13(17(24)25)29-31(14)18-11(22)4-3-5-27-18/h3-8,17H,1-2H3,(H,26,32)(H,28,33)(H,34,35)/b30-15+. The summed E-state index contributed by atoms with van der Waals surface area (Å²) in [6.07, 6.45) is -1.69. The smallest absolute Gasteiger partial charge is 0.358 e. The molecule has 0 unspecified atom stereocenters. The van der Waals surface area contributed by atoms with Gasteiger partial charge in [0.2, 0.25) is 0 Å². The number of pyridine rings is 1. The van der Waals surface area contributed by atoms with Crippen molar-refractivity contribution in [2.45, 2.75) is 6.43 Å². The van der Waals surface area contributed by atoms with Gasteiger partial charge in [0.1, 0.15) is 18.5 Å². The third kappa shape index (κ3) is 5.42. The topological polar surface area (TPSA) is 148 Å². The van der Waals surface area contributed by atoms with E-state index in [-0.39, 0.29) is 38.4 Å². The van der Waals surface area contributed by atoms with Gasteiger partial charge < -0.3 is 20.6 Å². The second kappa shape index (κ2) is 11.1.